The summed E-state index contributed by atoms with van der Waals surface area (Å²) in [4.78, 5) is 23.6. The molecule has 1 atom stereocenters. The quantitative estimate of drug-likeness (QED) is 0.802. The van der Waals surface area contributed by atoms with Gasteiger partial charge in [-0.3, -0.25) is 9.78 Å². The van der Waals surface area contributed by atoms with Gasteiger partial charge in [-0.15, -0.1) is 0 Å². The Labute approximate surface area is 143 Å². The molecule has 4 heteroatoms. The Morgan fingerprint density at radius 2 is 2.04 bits per heavy atom. The highest BCUT2D eigenvalue weighted by Gasteiger charge is 2.30. The number of carbonyl (C=O) groups is 1. The normalized spacial score (nSPS) is 18.5. The molecular weight excluding hydrogens is 298 g/mol. The molecule has 2 aromatic rings. The average Bonchev–Trinajstić information content (AvgIpc) is 2.61. The van der Waals surface area contributed by atoms with E-state index < -0.39 is 0 Å². The van der Waals surface area contributed by atoms with Gasteiger partial charge < -0.3 is 4.90 Å². The third kappa shape index (κ3) is 3.64. The van der Waals surface area contributed by atoms with Crippen LogP contribution in [0.3, 0.4) is 0 Å². The van der Waals surface area contributed by atoms with Crippen LogP contribution in [-0.4, -0.2) is 28.8 Å². The predicted octanol–water partition coefficient (Wildman–Crippen LogP) is 3.97. The van der Waals surface area contributed by atoms with Crippen molar-refractivity contribution in [3.8, 4) is 0 Å². The molecule has 0 N–H and O–H groups in total. The molecular formula is C20H25N3O. The van der Waals surface area contributed by atoms with Crippen LogP contribution in [0.2, 0.25) is 0 Å². The van der Waals surface area contributed by atoms with Gasteiger partial charge in [-0.1, -0.05) is 26.8 Å². The minimum Gasteiger partial charge on any atom is -0.356 e. The van der Waals surface area contributed by atoms with E-state index in [2.05, 4.69) is 35.6 Å². The summed E-state index contributed by atoms with van der Waals surface area (Å²) in [5, 5.41) is 0. The molecule has 24 heavy (non-hydrogen) atoms. The lowest BCUT2D eigenvalue weighted by atomic mass is 9.76. The second kappa shape index (κ2) is 6.71. The molecule has 0 amide bonds. The molecule has 0 unspecified atom stereocenters. The lowest BCUT2D eigenvalue weighted by Gasteiger charge is -2.40. The van der Waals surface area contributed by atoms with Crippen molar-refractivity contribution in [2.45, 2.75) is 33.6 Å². The van der Waals surface area contributed by atoms with Gasteiger partial charge in [0.05, 0.1) is 0 Å². The maximum absolute atomic E-state index is 12.6. The molecule has 0 radical (unpaired) electrons. The Balaban J connectivity index is 1.82. The van der Waals surface area contributed by atoms with E-state index in [9.17, 15) is 4.79 Å². The molecule has 0 bridgehead atoms. The van der Waals surface area contributed by atoms with Gasteiger partial charge >= 0.3 is 0 Å². The maximum Gasteiger partial charge on any atom is 0.212 e. The smallest absolute Gasteiger partial charge is 0.212 e. The lowest BCUT2D eigenvalue weighted by Crippen LogP contribution is -2.41. The molecule has 1 aliphatic rings. The fourth-order valence-corrected chi connectivity index (χ4v) is 3.26. The SMILES string of the molecule is CC(C)(C)[C@@H]1CCCN(c2cccc(C(=O)c3cccnc3)n2)C1. The molecule has 0 saturated carbocycles. The summed E-state index contributed by atoms with van der Waals surface area (Å²) in [7, 11) is 0. The van der Waals surface area contributed by atoms with Gasteiger partial charge in [-0.2, -0.15) is 0 Å². The van der Waals surface area contributed by atoms with Crippen LogP contribution in [0.15, 0.2) is 42.7 Å². The van der Waals surface area contributed by atoms with Crippen molar-refractivity contribution < 1.29 is 4.79 Å². The van der Waals surface area contributed by atoms with E-state index >= 15 is 0 Å². The molecule has 0 aliphatic carbocycles. The van der Waals surface area contributed by atoms with Crippen molar-refractivity contribution in [1.29, 1.82) is 0 Å². The summed E-state index contributed by atoms with van der Waals surface area (Å²) >= 11 is 0. The number of ketones is 1. The summed E-state index contributed by atoms with van der Waals surface area (Å²) in [5.41, 5.74) is 1.36. The Morgan fingerprint density at radius 3 is 2.75 bits per heavy atom. The third-order valence-corrected chi connectivity index (χ3v) is 4.86. The van der Waals surface area contributed by atoms with Gasteiger partial charge in [0, 0.05) is 31.0 Å². The van der Waals surface area contributed by atoms with Crippen molar-refractivity contribution in [2.24, 2.45) is 11.3 Å². The molecule has 0 spiro atoms. The second-order valence-corrected chi connectivity index (χ2v) is 7.60. The van der Waals surface area contributed by atoms with E-state index in [1.54, 1.807) is 30.6 Å². The van der Waals surface area contributed by atoms with Crippen molar-refractivity contribution >= 4 is 11.6 Å². The minimum absolute atomic E-state index is 0.0747. The Kier molecular flexibility index (Phi) is 4.65. The molecule has 1 saturated heterocycles. The van der Waals surface area contributed by atoms with E-state index in [1.807, 2.05) is 12.1 Å². The van der Waals surface area contributed by atoms with Gasteiger partial charge in [0.1, 0.15) is 11.5 Å². The number of anilines is 1. The van der Waals surface area contributed by atoms with Crippen LogP contribution in [-0.2, 0) is 0 Å². The van der Waals surface area contributed by atoms with Crippen molar-refractivity contribution in [1.82, 2.24) is 9.97 Å². The first kappa shape index (κ1) is 16.6. The van der Waals surface area contributed by atoms with E-state index in [0.717, 1.165) is 18.9 Å². The molecule has 2 aromatic heterocycles. The van der Waals surface area contributed by atoms with Gasteiger partial charge in [-0.05, 0) is 48.4 Å². The minimum atomic E-state index is -0.0747. The number of hydrogen-bond acceptors (Lipinski definition) is 4. The highest BCUT2D eigenvalue weighted by atomic mass is 16.1. The van der Waals surface area contributed by atoms with Crippen LogP contribution < -0.4 is 4.90 Å². The number of pyridine rings is 2. The lowest BCUT2D eigenvalue weighted by molar-refractivity contribution is 0.103. The Bertz CT molecular complexity index is 706. The number of carbonyl (C=O) groups excluding carboxylic acids is 1. The maximum atomic E-state index is 12.6. The van der Waals surface area contributed by atoms with E-state index in [0.29, 0.717) is 22.6 Å². The van der Waals surface area contributed by atoms with Crippen molar-refractivity contribution in [2.75, 3.05) is 18.0 Å². The molecule has 1 aliphatic heterocycles. The average molecular weight is 323 g/mol. The van der Waals surface area contributed by atoms with Crippen LogP contribution in [0, 0.1) is 11.3 Å². The summed E-state index contributed by atoms with van der Waals surface area (Å²) in [6.07, 6.45) is 5.69. The van der Waals surface area contributed by atoms with Gasteiger partial charge in [0.25, 0.3) is 0 Å². The zero-order valence-electron chi connectivity index (χ0n) is 14.7. The standard InChI is InChI=1S/C20H25N3O/c1-20(2,3)16-8-6-12-23(14-16)18-10-4-9-17(22-18)19(24)15-7-5-11-21-13-15/h4-5,7,9-11,13,16H,6,8,12,14H2,1-3H3/t16-/m1/s1. The molecule has 3 rings (SSSR count). The van der Waals surface area contributed by atoms with Crippen LogP contribution in [0.4, 0.5) is 5.82 Å². The number of hydrogen-bond donors (Lipinski definition) is 0. The molecule has 126 valence electrons. The fraction of sp³-hybridized carbons (Fsp3) is 0.450. The van der Waals surface area contributed by atoms with Gasteiger partial charge in [-0.25, -0.2) is 4.98 Å². The van der Waals surface area contributed by atoms with Crippen molar-refractivity contribution in [3.05, 3.63) is 54.0 Å². The Hall–Kier alpha value is -2.23. The summed E-state index contributed by atoms with van der Waals surface area (Å²) in [6, 6.07) is 9.26. The number of rotatable bonds is 3. The fourth-order valence-electron chi connectivity index (χ4n) is 3.26. The van der Waals surface area contributed by atoms with Crippen LogP contribution in [0.1, 0.15) is 49.7 Å². The molecule has 1 fully saturated rings. The highest BCUT2D eigenvalue weighted by Crippen LogP contribution is 2.34. The first-order chi connectivity index (χ1) is 11.4. The van der Waals surface area contributed by atoms with E-state index in [4.69, 9.17) is 0 Å². The summed E-state index contributed by atoms with van der Waals surface area (Å²) in [5.74, 6) is 1.47. The molecule has 0 aromatic carbocycles. The summed E-state index contributed by atoms with van der Waals surface area (Å²) in [6.45, 7) is 8.91. The van der Waals surface area contributed by atoms with Gasteiger partial charge in [0.15, 0.2) is 0 Å². The first-order valence-electron chi connectivity index (χ1n) is 8.62. The zero-order valence-corrected chi connectivity index (χ0v) is 14.7. The highest BCUT2D eigenvalue weighted by molar-refractivity contribution is 6.07. The first-order valence-corrected chi connectivity index (χ1v) is 8.62. The Morgan fingerprint density at radius 1 is 1.21 bits per heavy atom. The molecule has 4 nitrogen and oxygen atoms in total. The van der Waals surface area contributed by atoms with Gasteiger partial charge in [0.2, 0.25) is 5.78 Å². The largest absolute Gasteiger partial charge is 0.356 e. The monoisotopic (exact) mass is 323 g/mol. The van der Waals surface area contributed by atoms with E-state index in [1.165, 1.54) is 12.8 Å². The number of nitrogens with zero attached hydrogens (tertiary/aromatic N) is 3. The van der Waals surface area contributed by atoms with E-state index in [-0.39, 0.29) is 5.78 Å². The van der Waals surface area contributed by atoms with Crippen molar-refractivity contribution in [3.63, 3.8) is 0 Å². The molecule has 3 heterocycles. The van der Waals surface area contributed by atoms with Crippen LogP contribution in [0.5, 0.6) is 0 Å². The third-order valence-electron chi connectivity index (χ3n) is 4.86. The second-order valence-electron chi connectivity index (χ2n) is 7.60. The number of piperidine rings is 1. The topological polar surface area (TPSA) is 46.1 Å². The zero-order chi connectivity index (χ0) is 17.2. The van der Waals surface area contributed by atoms with Crippen LogP contribution in [0.25, 0.3) is 0 Å². The van der Waals surface area contributed by atoms with Crippen LogP contribution >= 0.6 is 0 Å². The number of aromatic nitrogens is 2. The predicted molar refractivity (Wildman–Crippen MR) is 96.3 cm³/mol. The summed E-state index contributed by atoms with van der Waals surface area (Å²) < 4.78 is 0.